The molecule has 4 rings (SSSR count). The zero-order valence-corrected chi connectivity index (χ0v) is 17.5. The number of aromatic nitrogens is 2. The van der Waals surface area contributed by atoms with Crippen molar-refractivity contribution in [1.82, 2.24) is 15.3 Å². The number of aryl methyl sites for hydroxylation is 1. The lowest BCUT2D eigenvalue weighted by Crippen LogP contribution is -2.50. The van der Waals surface area contributed by atoms with Crippen LogP contribution in [0.15, 0.2) is 17.5 Å². The Morgan fingerprint density at radius 3 is 2.75 bits per heavy atom. The van der Waals surface area contributed by atoms with E-state index in [2.05, 4.69) is 20.2 Å². The summed E-state index contributed by atoms with van der Waals surface area (Å²) in [7, 11) is 1.71. The van der Waals surface area contributed by atoms with Gasteiger partial charge in [0.05, 0.1) is 17.2 Å². The molecule has 1 aliphatic carbocycles. The SMILES string of the molecule is CO[C@H]1C[C@@H]2CN(c3cc(C)nc(N)n3)C[C@@H]2C[C@@H]1NC(=O)c1sccc1Cl. The number of fused-ring (bicyclic) bond motifs is 1. The van der Waals surface area contributed by atoms with Crippen molar-refractivity contribution in [3.63, 3.8) is 0 Å². The number of nitrogen functional groups attached to an aromatic ring is 1. The van der Waals surface area contributed by atoms with Gasteiger partial charge in [0.2, 0.25) is 5.95 Å². The lowest BCUT2D eigenvalue weighted by atomic mass is 9.77. The number of thiophene rings is 1. The van der Waals surface area contributed by atoms with Crippen molar-refractivity contribution in [3.8, 4) is 0 Å². The second kappa shape index (κ2) is 7.85. The maximum Gasteiger partial charge on any atom is 0.263 e. The molecule has 3 heterocycles. The zero-order chi connectivity index (χ0) is 19.8. The first kappa shape index (κ1) is 19.4. The Labute approximate surface area is 173 Å². The third-order valence-electron chi connectivity index (χ3n) is 5.74. The van der Waals surface area contributed by atoms with Gasteiger partial charge in [-0.05, 0) is 43.0 Å². The number of ether oxygens (including phenoxy) is 1. The van der Waals surface area contributed by atoms with Crippen LogP contribution < -0.4 is 16.0 Å². The minimum Gasteiger partial charge on any atom is -0.379 e. The highest BCUT2D eigenvalue weighted by atomic mass is 35.5. The van der Waals surface area contributed by atoms with E-state index in [1.165, 1.54) is 11.3 Å². The van der Waals surface area contributed by atoms with Crippen LogP contribution in [-0.4, -0.2) is 48.2 Å². The molecule has 2 aromatic heterocycles. The average molecular weight is 422 g/mol. The van der Waals surface area contributed by atoms with E-state index >= 15 is 0 Å². The first-order chi connectivity index (χ1) is 13.4. The second-order valence-electron chi connectivity index (χ2n) is 7.57. The highest BCUT2D eigenvalue weighted by Gasteiger charge is 2.43. The molecular formula is C19H24ClN5O2S. The molecule has 2 aromatic rings. The van der Waals surface area contributed by atoms with Gasteiger partial charge in [0.25, 0.3) is 5.91 Å². The highest BCUT2D eigenvalue weighted by molar-refractivity contribution is 7.12. The van der Waals surface area contributed by atoms with Gasteiger partial charge in [0.1, 0.15) is 10.7 Å². The number of rotatable bonds is 4. The van der Waals surface area contributed by atoms with Crippen LogP contribution in [0.4, 0.5) is 11.8 Å². The number of nitrogens with one attached hydrogen (secondary N) is 1. The minimum atomic E-state index is -0.125. The molecule has 28 heavy (non-hydrogen) atoms. The number of carbonyl (C=O) groups is 1. The zero-order valence-electron chi connectivity index (χ0n) is 15.9. The molecule has 150 valence electrons. The number of anilines is 2. The summed E-state index contributed by atoms with van der Waals surface area (Å²) in [4.78, 5) is 24.0. The van der Waals surface area contributed by atoms with Crippen LogP contribution in [0.1, 0.15) is 28.2 Å². The van der Waals surface area contributed by atoms with Crippen molar-refractivity contribution in [1.29, 1.82) is 0 Å². The molecule has 1 amide bonds. The number of hydrogen-bond acceptors (Lipinski definition) is 7. The van der Waals surface area contributed by atoms with E-state index in [0.29, 0.717) is 27.7 Å². The fourth-order valence-electron chi connectivity index (χ4n) is 4.44. The molecule has 2 aliphatic rings. The van der Waals surface area contributed by atoms with Gasteiger partial charge in [-0.2, -0.15) is 4.98 Å². The predicted molar refractivity (Wildman–Crippen MR) is 111 cm³/mol. The van der Waals surface area contributed by atoms with Crippen LogP contribution in [-0.2, 0) is 4.74 Å². The first-order valence-electron chi connectivity index (χ1n) is 9.37. The summed E-state index contributed by atoms with van der Waals surface area (Å²) in [6.45, 7) is 3.73. The number of methoxy groups -OCH3 is 1. The molecule has 2 fully saturated rings. The normalized spacial score (nSPS) is 26.9. The fourth-order valence-corrected chi connectivity index (χ4v) is 5.48. The molecule has 7 nitrogen and oxygen atoms in total. The summed E-state index contributed by atoms with van der Waals surface area (Å²) in [5.74, 6) is 2.02. The Hall–Kier alpha value is -1.90. The molecule has 0 spiro atoms. The van der Waals surface area contributed by atoms with Crippen molar-refractivity contribution in [3.05, 3.63) is 33.1 Å². The van der Waals surface area contributed by atoms with E-state index in [1.54, 1.807) is 13.2 Å². The van der Waals surface area contributed by atoms with Crippen molar-refractivity contribution < 1.29 is 9.53 Å². The van der Waals surface area contributed by atoms with Crippen molar-refractivity contribution >= 4 is 40.6 Å². The molecule has 1 aliphatic heterocycles. The van der Waals surface area contributed by atoms with Crippen LogP contribution in [0.25, 0.3) is 0 Å². The number of nitrogens with two attached hydrogens (primary N) is 1. The van der Waals surface area contributed by atoms with Gasteiger partial charge in [-0.3, -0.25) is 4.79 Å². The third kappa shape index (κ3) is 3.81. The largest absolute Gasteiger partial charge is 0.379 e. The van der Waals surface area contributed by atoms with E-state index in [9.17, 15) is 4.79 Å². The molecule has 9 heteroatoms. The van der Waals surface area contributed by atoms with Crippen molar-refractivity contribution in [2.24, 2.45) is 11.8 Å². The topological polar surface area (TPSA) is 93.4 Å². The molecule has 1 saturated heterocycles. The smallest absolute Gasteiger partial charge is 0.263 e. The fraction of sp³-hybridized carbons (Fsp3) is 0.526. The lowest BCUT2D eigenvalue weighted by Gasteiger charge is -2.37. The Balaban J connectivity index is 1.47. The lowest BCUT2D eigenvalue weighted by molar-refractivity contribution is 0.0126. The van der Waals surface area contributed by atoms with Crippen LogP contribution in [0, 0.1) is 18.8 Å². The van der Waals surface area contributed by atoms with Crippen LogP contribution in [0.5, 0.6) is 0 Å². The van der Waals surface area contributed by atoms with Gasteiger partial charge in [-0.25, -0.2) is 4.98 Å². The summed E-state index contributed by atoms with van der Waals surface area (Å²) in [6, 6.07) is 3.68. The highest BCUT2D eigenvalue weighted by Crippen LogP contribution is 2.39. The van der Waals surface area contributed by atoms with E-state index < -0.39 is 0 Å². The molecule has 0 radical (unpaired) electrons. The number of hydrogen-bond donors (Lipinski definition) is 2. The quantitative estimate of drug-likeness (QED) is 0.788. The molecular weight excluding hydrogens is 398 g/mol. The van der Waals surface area contributed by atoms with Crippen LogP contribution in [0.2, 0.25) is 5.02 Å². The van der Waals surface area contributed by atoms with Gasteiger partial charge >= 0.3 is 0 Å². The molecule has 0 unspecified atom stereocenters. The summed E-state index contributed by atoms with van der Waals surface area (Å²) in [5, 5.41) is 5.47. The standard InChI is InChI=1S/C19H24ClN5O2S/c1-10-5-16(24-19(21)22-10)25-8-11-6-14(15(27-2)7-12(11)9-25)23-18(26)17-13(20)3-4-28-17/h3-5,11-12,14-15H,6-9H2,1-2H3,(H,23,26)(H2,21,22,24)/t11-,12+,14-,15-/m0/s1. The van der Waals surface area contributed by atoms with Gasteiger partial charge in [0, 0.05) is 32.0 Å². The molecule has 3 N–H and O–H groups in total. The van der Waals surface area contributed by atoms with Crippen molar-refractivity contribution in [2.75, 3.05) is 30.8 Å². The summed E-state index contributed by atoms with van der Waals surface area (Å²) < 4.78 is 5.73. The van der Waals surface area contributed by atoms with Gasteiger partial charge in [-0.1, -0.05) is 11.6 Å². The minimum absolute atomic E-state index is 0.0129. The Kier molecular flexibility index (Phi) is 5.44. The van der Waals surface area contributed by atoms with Gasteiger partial charge in [-0.15, -0.1) is 11.3 Å². The number of carbonyl (C=O) groups excluding carboxylic acids is 1. The number of nitrogens with zero attached hydrogens (tertiary/aromatic N) is 3. The summed E-state index contributed by atoms with van der Waals surface area (Å²) in [6.07, 6.45) is 1.76. The Bertz CT molecular complexity index is 856. The Morgan fingerprint density at radius 2 is 2.11 bits per heavy atom. The molecule has 0 aromatic carbocycles. The average Bonchev–Trinajstić information content (AvgIpc) is 3.25. The van der Waals surface area contributed by atoms with Gasteiger partial charge in [0.15, 0.2) is 0 Å². The van der Waals surface area contributed by atoms with Crippen molar-refractivity contribution in [2.45, 2.75) is 31.9 Å². The van der Waals surface area contributed by atoms with Crippen LogP contribution in [0.3, 0.4) is 0 Å². The maximum atomic E-state index is 12.6. The van der Waals surface area contributed by atoms with E-state index in [1.807, 2.05) is 18.4 Å². The molecule has 4 atom stereocenters. The maximum absolute atomic E-state index is 12.6. The molecule has 1 saturated carbocycles. The predicted octanol–water partition coefficient (Wildman–Crippen LogP) is 2.74. The summed E-state index contributed by atoms with van der Waals surface area (Å²) in [5.41, 5.74) is 6.69. The number of amides is 1. The van der Waals surface area contributed by atoms with Gasteiger partial charge < -0.3 is 20.7 Å². The molecule has 0 bridgehead atoms. The second-order valence-corrected chi connectivity index (χ2v) is 8.90. The van der Waals surface area contributed by atoms with E-state index in [4.69, 9.17) is 22.1 Å². The van der Waals surface area contributed by atoms with E-state index in [0.717, 1.165) is 37.4 Å². The van der Waals surface area contributed by atoms with Crippen LogP contribution >= 0.6 is 22.9 Å². The monoisotopic (exact) mass is 421 g/mol. The first-order valence-corrected chi connectivity index (χ1v) is 10.6. The number of halogens is 1. The summed E-state index contributed by atoms with van der Waals surface area (Å²) >= 11 is 7.47. The Morgan fingerprint density at radius 1 is 1.36 bits per heavy atom. The third-order valence-corrected chi connectivity index (χ3v) is 7.08. The van der Waals surface area contributed by atoms with E-state index in [-0.39, 0.29) is 18.1 Å².